The lowest BCUT2D eigenvalue weighted by molar-refractivity contribution is 0.0592. The number of esters is 2. The maximum atomic E-state index is 12.3. The molecule has 4 aromatic carbocycles. The van der Waals surface area contributed by atoms with Gasteiger partial charge in [0, 0.05) is 62.4 Å². The Morgan fingerprint density at radius 2 is 0.934 bits per heavy atom. The number of benzene rings is 4. The van der Waals surface area contributed by atoms with Crippen molar-refractivity contribution in [2.45, 2.75) is 19.6 Å². The van der Waals surface area contributed by atoms with Crippen molar-refractivity contribution in [2.24, 2.45) is 5.73 Å². The summed E-state index contributed by atoms with van der Waals surface area (Å²) >= 11 is 5.32. The number of nitrogen functional groups attached to an aromatic ring is 1. The first kappa shape index (κ1) is 45.9. The Hall–Kier alpha value is -7.82. The molecule has 7 N–H and O–H groups in total. The lowest BCUT2D eigenvalue weighted by atomic mass is 10.1. The van der Waals surface area contributed by atoms with Crippen LogP contribution < -0.4 is 27.4 Å². The fraction of sp³-hybridized carbons (Fsp3) is 0.114. The molecule has 0 aliphatic rings. The Labute approximate surface area is 357 Å². The van der Waals surface area contributed by atoms with Crippen LogP contribution in [0.4, 0.5) is 23.3 Å². The summed E-state index contributed by atoms with van der Waals surface area (Å²) in [5.41, 5.74) is 17.1. The number of para-hydroxylation sites is 2. The molecule has 0 spiro atoms. The number of carbonyl (C=O) groups is 3. The van der Waals surface area contributed by atoms with Gasteiger partial charge in [0.25, 0.3) is 5.91 Å². The maximum absolute atomic E-state index is 12.3. The van der Waals surface area contributed by atoms with Gasteiger partial charge in [-0.15, -0.1) is 0 Å². The highest BCUT2D eigenvalue weighted by molar-refractivity contribution is 6.28. The zero-order chi connectivity index (χ0) is 43.7. The molecule has 3 aromatic heterocycles. The lowest BCUT2D eigenvalue weighted by Gasteiger charge is -2.09. The minimum atomic E-state index is -0.332. The number of ether oxygens (including phenoxy) is 2. The third-order valence-electron chi connectivity index (χ3n) is 7.98. The first-order valence-corrected chi connectivity index (χ1v) is 18.8. The van der Waals surface area contributed by atoms with Crippen LogP contribution in [0, 0.1) is 0 Å². The summed E-state index contributed by atoms with van der Waals surface area (Å²) < 4.78 is 9.17. The fourth-order valence-electron chi connectivity index (χ4n) is 4.77. The molecule has 0 fully saturated rings. The van der Waals surface area contributed by atoms with Crippen molar-refractivity contribution in [3.63, 3.8) is 0 Å². The Morgan fingerprint density at radius 3 is 1.31 bits per heavy atom. The van der Waals surface area contributed by atoms with Crippen molar-refractivity contribution in [3.05, 3.63) is 191 Å². The molecule has 3 heterocycles. The van der Waals surface area contributed by atoms with E-state index in [1.54, 1.807) is 104 Å². The molecule has 17 heteroatoms. The number of hydrogen-bond donors (Lipinski definition) is 5. The minimum Gasteiger partial charge on any atom is -0.465 e. The van der Waals surface area contributed by atoms with Crippen LogP contribution in [0.2, 0.25) is 5.28 Å². The average molecular weight is 842 g/mol. The summed E-state index contributed by atoms with van der Waals surface area (Å²) in [4.78, 5) is 58.0. The van der Waals surface area contributed by atoms with Gasteiger partial charge >= 0.3 is 11.9 Å². The summed E-state index contributed by atoms with van der Waals surface area (Å²) in [6.45, 7) is 1.67. The molecule has 0 saturated carbocycles. The number of hydrogen-bond acceptors (Lipinski definition) is 15. The number of nitrogens with zero attached hydrogens (tertiary/aromatic N) is 6. The van der Waals surface area contributed by atoms with Crippen molar-refractivity contribution >= 4 is 52.7 Å². The molecule has 7 aromatic rings. The average Bonchev–Trinajstić information content (AvgIpc) is 3.32. The molecule has 0 radical (unpaired) electrons. The van der Waals surface area contributed by atoms with Gasteiger partial charge in [0.1, 0.15) is 0 Å². The SMILES string of the molecule is COC(=O)c1ccc(CN)cc1.COC(=O)c1ccc(CNc2ncccn2)cc1.Clc1ncccn1.Nc1ccccc1NC(=O)c1ccc(CNc2ncccn2)cc1. The number of halogens is 1. The molecule has 16 nitrogen and oxygen atoms in total. The van der Waals surface area contributed by atoms with Crippen LogP contribution in [0.1, 0.15) is 47.8 Å². The maximum Gasteiger partial charge on any atom is 0.337 e. The van der Waals surface area contributed by atoms with Crippen molar-refractivity contribution in [1.29, 1.82) is 0 Å². The highest BCUT2D eigenvalue weighted by Crippen LogP contribution is 2.18. The Morgan fingerprint density at radius 1 is 0.541 bits per heavy atom. The molecule has 0 aliphatic carbocycles. The standard InChI is InChI=1S/C18H17N5O.C13H13N3O2.C9H11NO2.C4H3ClN2/c19-15-4-1-2-5-16(15)23-17(24)14-8-6-13(7-9-14)12-22-18-20-10-3-11-21-18;1-18-12(17)11-5-3-10(4-6-11)9-16-13-14-7-2-8-15-13;1-12-9(11)8-4-2-7(6-10)3-5-8;5-4-6-2-1-3-7-4/h1-11H,12,19H2,(H,23,24)(H,20,21,22);2-8H,9H2,1H3,(H,14,15,16);2-5H,6,10H2,1H3;1-3H. The second-order valence-corrected chi connectivity index (χ2v) is 12.5. The number of amides is 1. The number of nitrogens with one attached hydrogen (secondary N) is 3. The van der Waals surface area contributed by atoms with Crippen molar-refractivity contribution in [3.8, 4) is 0 Å². The number of rotatable bonds is 11. The number of carbonyl (C=O) groups excluding carboxylic acids is 3. The summed E-state index contributed by atoms with van der Waals surface area (Å²) in [7, 11) is 2.73. The van der Waals surface area contributed by atoms with E-state index in [0.29, 0.717) is 64.9 Å². The van der Waals surface area contributed by atoms with Crippen LogP contribution in [0.3, 0.4) is 0 Å². The number of methoxy groups -OCH3 is 2. The van der Waals surface area contributed by atoms with E-state index in [9.17, 15) is 14.4 Å². The van der Waals surface area contributed by atoms with Crippen LogP contribution in [0.5, 0.6) is 0 Å². The zero-order valence-electron chi connectivity index (χ0n) is 33.3. The first-order chi connectivity index (χ1) is 29.7. The predicted octanol–water partition coefficient (Wildman–Crippen LogP) is 6.86. The Balaban J connectivity index is 0.000000194. The molecule has 0 unspecified atom stereocenters. The topological polar surface area (TPSA) is 235 Å². The quantitative estimate of drug-likeness (QED) is 0.0508. The highest BCUT2D eigenvalue weighted by Gasteiger charge is 2.08. The van der Waals surface area contributed by atoms with Gasteiger partial charge in [0.05, 0.1) is 36.7 Å². The number of nitrogens with two attached hydrogens (primary N) is 2. The zero-order valence-corrected chi connectivity index (χ0v) is 34.1. The highest BCUT2D eigenvalue weighted by atomic mass is 35.5. The van der Waals surface area contributed by atoms with Gasteiger partial charge in [-0.25, -0.2) is 39.5 Å². The van der Waals surface area contributed by atoms with Gasteiger partial charge < -0.3 is 36.9 Å². The van der Waals surface area contributed by atoms with Gasteiger partial charge in [0.2, 0.25) is 17.2 Å². The van der Waals surface area contributed by atoms with Gasteiger partial charge in [0.15, 0.2) is 0 Å². The van der Waals surface area contributed by atoms with E-state index in [1.807, 2.05) is 48.5 Å². The molecule has 0 saturated heterocycles. The molecular formula is C44H44ClN11O5. The summed E-state index contributed by atoms with van der Waals surface area (Å²) in [5.74, 6) is 0.298. The summed E-state index contributed by atoms with van der Waals surface area (Å²) in [6, 6.07) is 33.9. The largest absolute Gasteiger partial charge is 0.465 e. The number of aromatic nitrogens is 6. The Bertz CT molecular complexity index is 2360. The first-order valence-electron chi connectivity index (χ1n) is 18.4. The molecule has 7 rings (SSSR count). The van der Waals surface area contributed by atoms with Crippen molar-refractivity contribution in [2.75, 3.05) is 35.9 Å². The predicted molar refractivity (Wildman–Crippen MR) is 234 cm³/mol. The van der Waals surface area contributed by atoms with E-state index in [-0.39, 0.29) is 17.8 Å². The van der Waals surface area contributed by atoms with Gasteiger partial charge in [-0.1, -0.05) is 48.5 Å². The van der Waals surface area contributed by atoms with Crippen molar-refractivity contribution < 1.29 is 23.9 Å². The minimum absolute atomic E-state index is 0.196. The Kier molecular flexibility index (Phi) is 19.2. The van der Waals surface area contributed by atoms with E-state index >= 15 is 0 Å². The molecule has 1 amide bonds. The van der Waals surface area contributed by atoms with E-state index < -0.39 is 0 Å². The van der Waals surface area contributed by atoms with E-state index in [4.69, 9.17) is 23.1 Å². The monoisotopic (exact) mass is 841 g/mol. The van der Waals surface area contributed by atoms with Crippen LogP contribution in [-0.2, 0) is 29.1 Å². The molecule has 312 valence electrons. The molecule has 0 aliphatic heterocycles. The van der Waals surface area contributed by atoms with E-state index in [1.165, 1.54) is 14.2 Å². The van der Waals surface area contributed by atoms with Crippen LogP contribution in [-0.4, -0.2) is 62.0 Å². The lowest BCUT2D eigenvalue weighted by Crippen LogP contribution is -2.13. The van der Waals surface area contributed by atoms with E-state index in [2.05, 4.69) is 55.3 Å². The second-order valence-electron chi connectivity index (χ2n) is 12.2. The molecule has 61 heavy (non-hydrogen) atoms. The van der Waals surface area contributed by atoms with E-state index in [0.717, 1.165) is 16.7 Å². The normalized spacial score (nSPS) is 9.77. The molecular weight excluding hydrogens is 798 g/mol. The van der Waals surface area contributed by atoms with Crippen LogP contribution in [0.15, 0.2) is 152 Å². The third-order valence-corrected chi connectivity index (χ3v) is 8.17. The second kappa shape index (κ2) is 25.5. The fourth-order valence-corrected chi connectivity index (χ4v) is 4.89. The van der Waals surface area contributed by atoms with Gasteiger partial charge in [-0.05, 0) is 95.0 Å². The summed E-state index contributed by atoms with van der Waals surface area (Å²) in [6.07, 6.45) is 9.89. The third kappa shape index (κ3) is 16.5. The molecule has 0 bridgehead atoms. The summed E-state index contributed by atoms with van der Waals surface area (Å²) in [5, 5.41) is 9.30. The van der Waals surface area contributed by atoms with Gasteiger partial charge in [-0.3, -0.25) is 4.79 Å². The number of anilines is 4. The smallest absolute Gasteiger partial charge is 0.337 e. The molecule has 0 atom stereocenters. The van der Waals surface area contributed by atoms with Crippen LogP contribution >= 0.6 is 11.6 Å². The van der Waals surface area contributed by atoms with Crippen LogP contribution in [0.25, 0.3) is 0 Å². The van der Waals surface area contributed by atoms with Gasteiger partial charge in [-0.2, -0.15) is 0 Å². The van der Waals surface area contributed by atoms with Crippen molar-refractivity contribution in [1.82, 2.24) is 29.9 Å².